The number of hydrogen-bond donors (Lipinski definition) is 0. The van der Waals surface area contributed by atoms with E-state index in [4.69, 9.17) is 0 Å². The van der Waals surface area contributed by atoms with E-state index in [1.165, 1.54) is 103 Å². The summed E-state index contributed by atoms with van der Waals surface area (Å²) in [5.41, 5.74) is 0. The molecule has 0 amide bonds. The van der Waals surface area contributed by atoms with Crippen LogP contribution in [-0.4, -0.2) is 20.6 Å². The van der Waals surface area contributed by atoms with Crippen molar-refractivity contribution in [3.05, 3.63) is 0 Å². The Morgan fingerprint density at radius 2 is 0.550 bits per heavy atom. The molecule has 0 aromatic rings. The molecule has 0 aromatic heterocycles. The molecular formula is C18H38SSn. The monoisotopic (exact) mass is 406 g/mol. The van der Waals surface area contributed by atoms with Crippen LogP contribution in [0.25, 0.3) is 0 Å². The minimum absolute atomic E-state index is 1.13. The van der Waals surface area contributed by atoms with E-state index in [1.54, 1.807) is 0 Å². The van der Waals surface area contributed by atoms with Crippen LogP contribution in [0.15, 0.2) is 0 Å². The van der Waals surface area contributed by atoms with Crippen molar-refractivity contribution in [2.24, 2.45) is 0 Å². The molecule has 0 aliphatic carbocycles. The second-order valence-electron chi connectivity index (χ2n) is 5.95. The van der Waals surface area contributed by atoms with Crippen LogP contribution < -0.4 is 0 Å². The Kier molecular flexibility index (Phi) is 29.1. The zero-order valence-electron chi connectivity index (χ0n) is 14.2. The van der Waals surface area contributed by atoms with Crippen LogP contribution in [-0.2, 0) is 0 Å². The van der Waals surface area contributed by atoms with E-state index in [9.17, 15) is 0 Å². The van der Waals surface area contributed by atoms with Gasteiger partial charge < -0.3 is 0 Å². The van der Waals surface area contributed by atoms with Crippen molar-refractivity contribution in [2.75, 3.05) is 0 Å². The second kappa shape index (κ2) is 25.0. The minimum atomic E-state index is 1.13. The molecule has 2 heteroatoms. The van der Waals surface area contributed by atoms with Crippen LogP contribution in [0.3, 0.4) is 0 Å². The van der Waals surface area contributed by atoms with Crippen LogP contribution in [0.4, 0.5) is 0 Å². The molecule has 0 bridgehead atoms. The molecule has 0 saturated heterocycles. The van der Waals surface area contributed by atoms with Crippen LogP contribution in [0, 0.1) is 0 Å². The van der Waals surface area contributed by atoms with Crippen LogP contribution in [0.5, 0.6) is 0 Å². The number of unbranched alkanes of at least 4 members (excludes halogenated alkanes) is 15. The van der Waals surface area contributed by atoms with Crippen LogP contribution in [0.2, 0.25) is 0 Å². The van der Waals surface area contributed by atoms with E-state index in [0.717, 1.165) is 20.6 Å². The summed E-state index contributed by atoms with van der Waals surface area (Å²) in [6.07, 6.45) is 23.4. The zero-order valence-corrected chi connectivity index (χ0v) is 17.9. The Hall–Kier alpha value is 1.02. The Morgan fingerprint density at radius 3 is 0.700 bits per heavy atom. The van der Waals surface area contributed by atoms with Crippen molar-refractivity contribution in [3.63, 3.8) is 0 Å². The summed E-state index contributed by atoms with van der Waals surface area (Å²) in [6.45, 7) is 4.59. The summed E-state index contributed by atoms with van der Waals surface area (Å²) >= 11 is 1.13. The van der Waals surface area contributed by atoms with Crippen molar-refractivity contribution < 1.29 is 0 Å². The summed E-state index contributed by atoms with van der Waals surface area (Å²) in [6, 6.07) is 0. The quantitative estimate of drug-likeness (QED) is 0.200. The summed E-state index contributed by atoms with van der Waals surface area (Å²) in [5, 5.41) is 0. The predicted octanol–water partition coefficient (Wildman–Crippen LogP) is 7.54. The van der Waals surface area contributed by atoms with Gasteiger partial charge in [0.1, 0.15) is 0 Å². The zero-order chi connectivity index (χ0) is 15.3. The van der Waals surface area contributed by atoms with Crippen LogP contribution >= 0.6 is 9.29 Å². The average molecular weight is 405 g/mol. The first-order chi connectivity index (χ1) is 9.91. The molecule has 0 fully saturated rings. The summed E-state index contributed by atoms with van der Waals surface area (Å²) in [4.78, 5) is 0. The first-order valence-corrected chi connectivity index (χ1v) is 13.0. The van der Waals surface area contributed by atoms with E-state index in [-0.39, 0.29) is 0 Å². The van der Waals surface area contributed by atoms with E-state index >= 15 is 0 Å². The van der Waals surface area contributed by atoms with Gasteiger partial charge in [-0.25, -0.2) is 0 Å². The maximum absolute atomic E-state index is 4.17. The van der Waals surface area contributed by atoms with Crippen molar-refractivity contribution >= 4 is 29.9 Å². The van der Waals surface area contributed by atoms with Gasteiger partial charge in [-0.1, -0.05) is 117 Å². The second-order valence-corrected chi connectivity index (χ2v) is 5.95. The fourth-order valence-electron chi connectivity index (χ4n) is 2.62. The van der Waals surface area contributed by atoms with Gasteiger partial charge in [-0.15, -0.1) is 0 Å². The first-order valence-electron chi connectivity index (χ1n) is 9.12. The Labute approximate surface area is 146 Å². The summed E-state index contributed by atoms with van der Waals surface area (Å²) < 4.78 is 0. The third-order valence-corrected chi connectivity index (χ3v) is 3.96. The number of hydrogen-bond acceptors (Lipinski definition) is 1. The van der Waals surface area contributed by atoms with Gasteiger partial charge in [-0.05, 0) is 0 Å². The topological polar surface area (TPSA) is 0 Å². The molecule has 0 aromatic carbocycles. The number of rotatable bonds is 15. The predicted molar refractivity (Wildman–Crippen MR) is 98.6 cm³/mol. The fourth-order valence-corrected chi connectivity index (χ4v) is 2.62. The Balaban J connectivity index is 0. The third kappa shape index (κ3) is 24.1. The molecule has 0 aliphatic rings. The van der Waals surface area contributed by atoms with Crippen molar-refractivity contribution in [1.82, 2.24) is 0 Å². The van der Waals surface area contributed by atoms with Crippen molar-refractivity contribution in [2.45, 2.75) is 117 Å². The molecule has 0 nitrogen and oxygen atoms in total. The van der Waals surface area contributed by atoms with Gasteiger partial charge in [0.05, 0.1) is 0 Å². The van der Waals surface area contributed by atoms with Gasteiger partial charge >= 0.3 is 29.9 Å². The Bertz CT molecular complexity index is 134. The van der Waals surface area contributed by atoms with Crippen LogP contribution in [0.1, 0.15) is 117 Å². The average Bonchev–Trinajstić information content (AvgIpc) is 2.50. The molecule has 0 rings (SSSR count). The molecular weight excluding hydrogens is 367 g/mol. The van der Waals surface area contributed by atoms with Crippen molar-refractivity contribution in [1.29, 1.82) is 0 Å². The first kappa shape index (κ1) is 23.3. The van der Waals surface area contributed by atoms with E-state index in [0.29, 0.717) is 0 Å². The standard InChI is InChI=1S/C18H38.S.Sn/c1-3-5-7-9-11-13-15-17-18-16-14-12-10-8-6-4-2;;/h3-18H2,1-2H3;;. The normalized spacial score (nSPS) is 10.1. The van der Waals surface area contributed by atoms with Crippen molar-refractivity contribution in [3.8, 4) is 0 Å². The van der Waals surface area contributed by atoms with E-state index in [1.807, 2.05) is 0 Å². The molecule has 0 N–H and O–H groups in total. The van der Waals surface area contributed by atoms with Gasteiger partial charge in [0.15, 0.2) is 0 Å². The van der Waals surface area contributed by atoms with Gasteiger partial charge in [0, 0.05) is 0 Å². The SMILES string of the molecule is CCCCCCCCCCCCCCCCCC.[S]=[Sn]. The maximum atomic E-state index is 4.17. The summed E-state index contributed by atoms with van der Waals surface area (Å²) in [5.74, 6) is 0. The van der Waals surface area contributed by atoms with Gasteiger partial charge in [-0.2, -0.15) is 0 Å². The van der Waals surface area contributed by atoms with E-state index in [2.05, 4.69) is 23.1 Å². The molecule has 0 heterocycles. The molecule has 20 heavy (non-hydrogen) atoms. The van der Waals surface area contributed by atoms with Gasteiger partial charge in [0.25, 0.3) is 0 Å². The van der Waals surface area contributed by atoms with E-state index < -0.39 is 0 Å². The van der Waals surface area contributed by atoms with Gasteiger partial charge in [-0.3, -0.25) is 0 Å². The molecule has 0 spiro atoms. The summed E-state index contributed by atoms with van der Waals surface area (Å²) in [7, 11) is 4.17. The molecule has 0 aliphatic heterocycles. The molecule has 2 radical (unpaired) electrons. The Morgan fingerprint density at radius 1 is 0.400 bits per heavy atom. The third-order valence-electron chi connectivity index (χ3n) is 3.96. The van der Waals surface area contributed by atoms with Gasteiger partial charge in [0.2, 0.25) is 0 Å². The molecule has 0 unspecified atom stereocenters. The molecule has 0 atom stereocenters. The molecule has 0 saturated carbocycles. The molecule has 120 valence electrons. The fraction of sp³-hybridized carbons (Fsp3) is 1.00.